The molecule has 7 heteroatoms. The van der Waals surface area contributed by atoms with E-state index in [4.69, 9.17) is 15.9 Å². The molecule has 64 valence electrons. The second-order valence-electron chi connectivity index (χ2n) is 1.96. The number of hydrogen-bond donors (Lipinski definition) is 3. The average Bonchev–Trinajstić information content (AvgIpc) is 2.30. The lowest BCUT2D eigenvalue weighted by molar-refractivity contribution is 0.0698. The van der Waals surface area contributed by atoms with E-state index in [1.165, 1.54) is 0 Å². The van der Waals surface area contributed by atoms with Gasteiger partial charge in [-0.15, -0.1) is 5.10 Å². The van der Waals surface area contributed by atoms with Crippen LogP contribution in [0.25, 0.3) is 0 Å². The molecule has 0 aliphatic carbocycles. The smallest absolute Gasteiger partial charge is 0.432 e. The standard InChI is InChI=1S/C5H5N3O4/c6-3-2(4(9)10)1-8(7-3)5(11)12/h1H,(H2,6,7)(H,9,10)(H,11,12). The maximum atomic E-state index is 10.3. The zero-order valence-corrected chi connectivity index (χ0v) is 5.76. The van der Waals surface area contributed by atoms with E-state index in [1.807, 2.05) is 0 Å². The lowest BCUT2D eigenvalue weighted by atomic mass is 10.3. The number of carbonyl (C=O) groups is 2. The van der Waals surface area contributed by atoms with Gasteiger partial charge in [-0.05, 0) is 0 Å². The summed E-state index contributed by atoms with van der Waals surface area (Å²) in [5, 5.41) is 20.0. The molecule has 0 fully saturated rings. The van der Waals surface area contributed by atoms with Crippen molar-refractivity contribution in [2.45, 2.75) is 0 Å². The highest BCUT2D eigenvalue weighted by molar-refractivity contribution is 5.93. The van der Waals surface area contributed by atoms with Crippen LogP contribution in [0.4, 0.5) is 10.6 Å². The Balaban J connectivity index is 3.17. The topological polar surface area (TPSA) is 118 Å². The molecule has 1 aromatic rings. The van der Waals surface area contributed by atoms with Gasteiger partial charge in [0.05, 0.1) is 6.20 Å². The molecule has 0 aromatic carbocycles. The van der Waals surface area contributed by atoms with Crippen LogP contribution in [-0.4, -0.2) is 32.1 Å². The largest absolute Gasteiger partial charge is 0.477 e. The molecule has 7 nitrogen and oxygen atoms in total. The summed E-state index contributed by atoms with van der Waals surface area (Å²) in [4.78, 5) is 20.6. The Labute approximate surface area is 66.0 Å². The normalized spacial score (nSPS) is 9.67. The Morgan fingerprint density at radius 2 is 2.08 bits per heavy atom. The number of nitrogens with two attached hydrogens (primary N) is 1. The number of aromatic carboxylic acids is 1. The van der Waals surface area contributed by atoms with E-state index < -0.39 is 12.1 Å². The van der Waals surface area contributed by atoms with E-state index in [0.717, 1.165) is 6.20 Å². The number of carboxylic acid groups (broad SMARTS) is 2. The van der Waals surface area contributed by atoms with Crippen LogP contribution in [0.2, 0.25) is 0 Å². The summed E-state index contributed by atoms with van der Waals surface area (Å²) in [6.45, 7) is 0. The van der Waals surface area contributed by atoms with Crippen molar-refractivity contribution >= 4 is 17.9 Å². The molecule has 0 radical (unpaired) electrons. The second kappa shape index (κ2) is 2.53. The van der Waals surface area contributed by atoms with E-state index in [1.54, 1.807) is 0 Å². The average molecular weight is 171 g/mol. The fourth-order valence-corrected chi connectivity index (χ4v) is 0.650. The zero-order chi connectivity index (χ0) is 9.30. The quantitative estimate of drug-likeness (QED) is 0.533. The Hall–Kier alpha value is -2.05. The summed E-state index contributed by atoms with van der Waals surface area (Å²) in [6, 6.07) is 0. The van der Waals surface area contributed by atoms with Gasteiger partial charge in [-0.3, -0.25) is 0 Å². The molecule has 1 heterocycles. The predicted molar refractivity (Wildman–Crippen MR) is 37.0 cm³/mol. The van der Waals surface area contributed by atoms with Crippen molar-refractivity contribution in [3.8, 4) is 0 Å². The molecular formula is C5H5N3O4. The summed E-state index contributed by atoms with van der Waals surface area (Å²) >= 11 is 0. The zero-order valence-electron chi connectivity index (χ0n) is 5.76. The fourth-order valence-electron chi connectivity index (χ4n) is 0.650. The van der Waals surface area contributed by atoms with Crippen molar-refractivity contribution in [2.75, 3.05) is 5.73 Å². The van der Waals surface area contributed by atoms with Crippen molar-refractivity contribution in [1.29, 1.82) is 0 Å². The van der Waals surface area contributed by atoms with Gasteiger partial charge in [-0.1, -0.05) is 0 Å². The highest BCUT2D eigenvalue weighted by Crippen LogP contribution is 2.07. The minimum Gasteiger partial charge on any atom is -0.477 e. The molecule has 0 saturated carbocycles. The van der Waals surface area contributed by atoms with Gasteiger partial charge < -0.3 is 15.9 Å². The Morgan fingerprint density at radius 3 is 2.33 bits per heavy atom. The molecule has 0 unspecified atom stereocenters. The van der Waals surface area contributed by atoms with Gasteiger partial charge in [-0.2, -0.15) is 4.68 Å². The van der Waals surface area contributed by atoms with Gasteiger partial charge in [0.2, 0.25) is 0 Å². The van der Waals surface area contributed by atoms with E-state index in [9.17, 15) is 9.59 Å². The first-order valence-corrected chi connectivity index (χ1v) is 2.84. The third-order valence-corrected chi connectivity index (χ3v) is 1.17. The number of carboxylic acids is 1. The fraction of sp³-hybridized carbons (Fsp3) is 0. The maximum absolute atomic E-state index is 10.3. The van der Waals surface area contributed by atoms with Crippen molar-refractivity contribution in [3.63, 3.8) is 0 Å². The third-order valence-electron chi connectivity index (χ3n) is 1.17. The predicted octanol–water partition coefficient (Wildman–Crippen LogP) is -0.310. The van der Waals surface area contributed by atoms with Gasteiger partial charge in [0.25, 0.3) is 0 Å². The molecule has 0 spiro atoms. The maximum Gasteiger partial charge on any atom is 0.432 e. The first-order chi connectivity index (χ1) is 5.52. The van der Waals surface area contributed by atoms with Crippen LogP contribution >= 0.6 is 0 Å². The van der Waals surface area contributed by atoms with Crippen LogP contribution in [0, 0.1) is 0 Å². The van der Waals surface area contributed by atoms with Gasteiger partial charge >= 0.3 is 12.1 Å². The molecule has 12 heavy (non-hydrogen) atoms. The van der Waals surface area contributed by atoms with Gasteiger partial charge in [0.1, 0.15) is 5.56 Å². The molecule has 0 saturated heterocycles. The lowest BCUT2D eigenvalue weighted by Crippen LogP contribution is -2.08. The van der Waals surface area contributed by atoms with Crippen molar-refractivity contribution < 1.29 is 19.8 Å². The first-order valence-electron chi connectivity index (χ1n) is 2.84. The van der Waals surface area contributed by atoms with Crippen molar-refractivity contribution in [2.24, 2.45) is 0 Å². The van der Waals surface area contributed by atoms with Crippen LogP contribution in [0.1, 0.15) is 10.4 Å². The molecule has 0 atom stereocenters. The van der Waals surface area contributed by atoms with Crippen LogP contribution in [-0.2, 0) is 0 Å². The Bertz CT molecular complexity index is 342. The van der Waals surface area contributed by atoms with Crippen LogP contribution in [0.3, 0.4) is 0 Å². The first kappa shape index (κ1) is 8.05. The number of hydrogen-bond acceptors (Lipinski definition) is 4. The van der Waals surface area contributed by atoms with Gasteiger partial charge in [-0.25, -0.2) is 9.59 Å². The highest BCUT2D eigenvalue weighted by Gasteiger charge is 2.14. The van der Waals surface area contributed by atoms with Crippen LogP contribution in [0.15, 0.2) is 6.20 Å². The number of nitrogen functional groups attached to an aromatic ring is 1. The minimum atomic E-state index is -1.38. The molecule has 1 rings (SSSR count). The van der Waals surface area contributed by atoms with Gasteiger partial charge in [0.15, 0.2) is 5.82 Å². The lowest BCUT2D eigenvalue weighted by Gasteiger charge is -1.86. The molecular weight excluding hydrogens is 166 g/mol. The summed E-state index contributed by atoms with van der Waals surface area (Å²) in [5.74, 6) is -1.62. The van der Waals surface area contributed by atoms with E-state index in [-0.39, 0.29) is 11.4 Å². The number of aromatic nitrogens is 2. The van der Waals surface area contributed by atoms with E-state index in [2.05, 4.69) is 5.10 Å². The van der Waals surface area contributed by atoms with Gasteiger partial charge in [0, 0.05) is 0 Å². The molecule has 4 N–H and O–H groups in total. The van der Waals surface area contributed by atoms with E-state index in [0.29, 0.717) is 4.68 Å². The van der Waals surface area contributed by atoms with E-state index >= 15 is 0 Å². The Kier molecular flexibility index (Phi) is 1.70. The monoisotopic (exact) mass is 171 g/mol. The summed E-state index contributed by atoms with van der Waals surface area (Å²) in [5.41, 5.74) is 4.78. The summed E-state index contributed by atoms with van der Waals surface area (Å²) < 4.78 is 0.443. The highest BCUT2D eigenvalue weighted by atomic mass is 16.4. The molecule has 0 aliphatic heterocycles. The SMILES string of the molecule is Nc1nn(C(=O)O)cc1C(=O)O. The second-order valence-corrected chi connectivity index (χ2v) is 1.96. The number of anilines is 1. The van der Waals surface area contributed by atoms with Crippen molar-refractivity contribution in [3.05, 3.63) is 11.8 Å². The number of rotatable bonds is 1. The minimum absolute atomic E-state index is 0.315. The summed E-state index contributed by atoms with van der Waals surface area (Å²) in [7, 11) is 0. The van der Waals surface area contributed by atoms with Crippen LogP contribution < -0.4 is 5.73 Å². The molecule has 1 aromatic heterocycles. The molecule has 0 bridgehead atoms. The number of nitrogens with zero attached hydrogens (tertiary/aromatic N) is 2. The molecule has 0 amide bonds. The molecule has 0 aliphatic rings. The summed E-state index contributed by atoms with van der Waals surface area (Å²) in [6.07, 6.45) is -0.547. The van der Waals surface area contributed by atoms with Crippen molar-refractivity contribution in [1.82, 2.24) is 9.78 Å². The third kappa shape index (κ3) is 1.19. The Morgan fingerprint density at radius 1 is 1.50 bits per heavy atom. The van der Waals surface area contributed by atoms with Crippen LogP contribution in [0.5, 0.6) is 0 Å².